The predicted octanol–water partition coefficient (Wildman–Crippen LogP) is 3.45. The summed E-state index contributed by atoms with van der Waals surface area (Å²) in [7, 11) is 3.20. The Labute approximate surface area is 155 Å². The number of nitrogens with one attached hydrogen (secondary N) is 1. The Bertz CT molecular complexity index is 723. The molecule has 0 aliphatic heterocycles. The lowest BCUT2D eigenvalue weighted by atomic mass is 10.1. The highest BCUT2D eigenvalue weighted by atomic mass is 16.5. The number of benzene rings is 2. The van der Waals surface area contributed by atoms with Crippen LogP contribution in [-0.2, 0) is 11.2 Å². The van der Waals surface area contributed by atoms with Gasteiger partial charge in [-0.1, -0.05) is 12.1 Å². The molecule has 0 atom stereocenters. The molecular formula is C21H27NO4. The maximum absolute atomic E-state index is 12.0. The number of amides is 1. The molecule has 0 aliphatic rings. The molecule has 5 nitrogen and oxygen atoms in total. The number of ether oxygens (including phenoxy) is 3. The smallest absolute Gasteiger partial charge is 0.220 e. The van der Waals surface area contributed by atoms with E-state index in [2.05, 4.69) is 11.4 Å². The fourth-order valence-electron chi connectivity index (χ4n) is 2.76. The molecule has 1 N–H and O–H groups in total. The molecule has 0 aromatic heterocycles. The monoisotopic (exact) mass is 357 g/mol. The summed E-state index contributed by atoms with van der Waals surface area (Å²) in [5.74, 6) is 2.20. The van der Waals surface area contributed by atoms with Gasteiger partial charge in [-0.2, -0.15) is 0 Å². The Kier molecular flexibility index (Phi) is 7.33. The van der Waals surface area contributed by atoms with Gasteiger partial charge in [0.25, 0.3) is 0 Å². The lowest BCUT2D eigenvalue weighted by Gasteiger charge is -2.10. The maximum Gasteiger partial charge on any atom is 0.220 e. The topological polar surface area (TPSA) is 56.8 Å². The summed E-state index contributed by atoms with van der Waals surface area (Å²) >= 11 is 0. The Morgan fingerprint density at radius 1 is 0.962 bits per heavy atom. The third kappa shape index (κ3) is 5.99. The third-order valence-electron chi connectivity index (χ3n) is 3.98. The molecular weight excluding hydrogens is 330 g/mol. The summed E-state index contributed by atoms with van der Waals surface area (Å²) in [5.41, 5.74) is 3.36. The molecule has 1 amide bonds. The van der Waals surface area contributed by atoms with Gasteiger partial charge in [0.05, 0.1) is 20.8 Å². The van der Waals surface area contributed by atoms with E-state index in [1.54, 1.807) is 14.2 Å². The molecule has 0 saturated carbocycles. The van der Waals surface area contributed by atoms with E-state index in [1.165, 1.54) is 11.1 Å². The van der Waals surface area contributed by atoms with Crippen molar-refractivity contribution < 1.29 is 19.0 Å². The minimum Gasteiger partial charge on any atom is -0.493 e. The number of hydrogen-bond acceptors (Lipinski definition) is 4. The lowest BCUT2D eigenvalue weighted by Crippen LogP contribution is -2.28. The SMILES string of the molecule is COc1ccc(CCC(=O)NCCOc2cc(C)cc(C)c2)cc1OC. The highest BCUT2D eigenvalue weighted by molar-refractivity contribution is 5.76. The molecule has 26 heavy (non-hydrogen) atoms. The largest absolute Gasteiger partial charge is 0.493 e. The van der Waals surface area contributed by atoms with Crippen molar-refractivity contribution in [2.45, 2.75) is 26.7 Å². The fourth-order valence-corrected chi connectivity index (χ4v) is 2.76. The van der Waals surface area contributed by atoms with Crippen molar-refractivity contribution in [3.05, 3.63) is 53.1 Å². The molecule has 0 unspecified atom stereocenters. The standard InChI is InChI=1S/C21H27NO4/c1-15-11-16(2)13-18(12-15)26-10-9-22-21(23)8-6-17-5-7-19(24-3)20(14-17)25-4/h5,7,11-14H,6,8-10H2,1-4H3,(H,22,23). The van der Waals surface area contributed by atoms with Crippen LogP contribution in [0.5, 0.6) is 17.2 Å². The van der Waals surface area contributed by atoms with Crippen LogP contribution in [0.15, 0.2) is 36.4 Å². The summed E-state index contributed by atoms with van der Waals surface area (Å²) in [4.78, 5) is 12.0. The molecule has 0 saturated heterocycles. The van der Waals surface area contributed by atoms with Gasteiger partial charge in [-0.3, -0.25) is 4.79 Å². The lowest BCUT2D eigenvalue weighted by molar-refractivity contribution is -0.121. The highest BCUT2D eigenvalue weighted by Gasteiger charge is 2.07. The van der Waals surface area contributed by atoms with Gasteiger partial charge in [-0.05, 0) is 61.2 Å². The molecule has 2 aromatic rings. The average molecular weight is 357 g/mol. The molecule has 0 radical (unpaired) electrons. The summed E-state index contributed by atoms with van der Waals surface area (Å²) in [6, 6.07) is 11.8. The predicted molar refractivity (Wildman–Crippen MR) is 102 cm³/mol. The van der Waals surface area contributed by atoms with E-state index in [-0.39, 0.29) is 5.91 Å². The second kappa shape index (κ2) is 9.70. The van der Waals surface area contributed by atoms with Crippen molar-refractivity contribution >= 4 is 5.91 Å². The van der Waals surface area contributed by atoms with Gasteiger partial charge in [0.15, 0.2) is 11.5 Å². The number of rotatable bonds is 9. The zero-order chi connectivity index (χ0) is 18.9. The molecule has 0 spiro atoms. The second-order valence-corrected chi connectivity index (χ2v) is 6.21. The van der Waals surface area contributed by atoms with Gasteiger partial charge in [-0.15, -0.1) is 0 Å². The van der Waals surface area contributed by atoms with Crippen molar-refractivity contribution in [1.82, 2.24) is 5.32 Å². The first kappa shape index (κ1) is 19.6. The van der Waals surface area contributed by atoms with Gasteiger partial charge in [0, 0.05) is 6.42 Å². The number of methoxy groups -OCH3 is 2. The maximum atomic E-state index is 12.0. The first-order chi connectivity index (χ1) is 12.5. The molecule has 0 bridgehead atoms. The normalized spacial score (nSPS) is 10.3. The van der Waals surface area contributed by atoms with Crippen molar-refractivity contribution in [2.75, 3.05) is 27.4 Å². The van der Waals surface area contributed by atoms with Crippen LogP contribution in [0.4, 0.5) is 0 Å². The summed E-state index contributed by atoms with van der Waals surface area (Å²) in [6.07, 6.45) is 1.06. The first-order valence-corrected chi connectivity index (χ1v) is 8.70. The van der Waals surface area contributed by atoms with E-state index in [4.69, 9.17) is 14.2 Å². The van der Waals surface area contributed by atoms with E-state index >= 15 is 0 Å². The molecule has 2 aromatic carbocycles. The zero-order valence-corrected chi connectivity index (χ0v) is 15.9. The van der Waals surface area contributed by atoms with Gasteiger partial charge in [-0.25, -0.2) is 0 Å². The van der Waals surface area contributed by atoms with Crippen LogP contribution in [0.3, 0.4) is 0 Å². The number of aryl methyl sites for hydroxylation is 3. The quantitative estimate of drug-likeness (QED) is 0.699. The van der Waals surface area contributed by atoms with Crippen LogP contribution in [0.2, 0.25) is 0 Å². The van der Waals surface area contributed by atoms with Crippen LogP contribution in [0.1, 0.15) is 23.1 Å². The van der Waals surface area contributed by atoms with Gasteiger partial charge < -0.3 is 19.5 Å². The zero-order valence-electron chi connectivity index (χ0n) is 15.9. The van der Waals surface area contributed by atoms with Crippen LogP contribution in [0, 0.1) is 13.8 Å². The summed E-state index contributed by atoms with van der Waals surface area (Å²) < 4.78 is 16.2. The Morgan fingerprint density at radius 3 is 2.31 bits per heavy atom. The van der Waals surface area contributed by atoms with E-state index in [0.717, 1.165) is 11.3 Å². The Hall–Kier alpha value is -2.69. The fraction of sp³-hybridized carbons (Fsp3) is 0.381. The number of carbonyl (C=O) groups is 1. The Morgan fingerprint density at radius 2 is 1.65 bits per heavy atom. The van der Waals surface area contributed by atoms with Crippen molar-refractivity contribution in [3.63, 3.8) is 0 Å². The summed E-state index contributed by atoms with van der Waals surface area (Å²) in [5, 5.41) is 2.88. The van der Waals surface area contributed by atoms with Crippen molar-refractivity contribution in [2.24, 2.45) is 0 Å². The molecule has 0 aliphatic carbocycles. The van der Waals surface area contributed by atoms with Crippen LogP contribution in [0.25, 0.3) is 0 Å². The third-order valence-corrected chi connectivity index (χ3v) is 3.98. The number of hydrogen-bond donors (Lipinski definition) is 1. The van der Waals surface area contributed by atoms with E-state index in [0.29, 0.717) is 37.5 Å². The minimum absolute atomic E-state index is 0.00353. The van der Waals surface area contributed by atoms with Gasteiger partial charge in [0.1, 0.15) is 12.4 Å². The van der Waals surface area contributed by atoms with E-state index in [9.17, 15) is 4.79 Å². The molecule has 2 rings (SSSR count). The van der Waals surface area contributed by atoms with E-state index < -0.39 is 0 Å². The van der Waals surface area contributed by atoms with E-state index in [1.807, 2.05) is 44.2 Å². The van der Waals surface area contributed by atoms with Crippen LogP contribution in [-0.4, -0.2) is 33.3 Å². The number of carbonyl (C=O) groups excluding carboxylic acids is 1. The summed E-state index contributed by atoms with van der Waals surface area (Å²) in [6.45, 7) is 5.01. The molecule has 5 heteroatoms. The van der Waals surface area contributed by atoms with Gasteiger partial charge >= 0.3 is 0 Å². The molecule has 140 valence electrons. The Balaban J connectivity index is 1.72. The van der Waals surface area contributed by atoms with Gasteiger partial charge in [0.2, 0.25) is 5.91 Å². The minimum atomic E-state index is 0.00353. The van der Waals surface area contributed by atoms with Crippen molar-refractivity contribution in [1.29, 1.82) is 0 Å². The average Bonchev–Trinajstić information content (AvgIpc) is 2.62. The van der Waals surface area contributed by atoms with Crippen LogP contribution >= 0.6 is 0 Å². The second-order valence-electron chi connectivity index (χ2n) is 6.21. The van der Waals surface area contributed by atoms with Crippen LogP contribution < -0.4 is 19.5 Å². The molecule has 0 fully saturated rings. The molecule has 0 heterocycles. The first-order valence-electron chi connectivity index (χ1n) is 8.70. The highest BCUT2D eigenvalue weighted by Crippen LogP contribution is 2.27. The van der Waals surface area contributed by atoms with Crippen molar-refractivity contribution in [3.8, 4) is 17.2 Å².